The smallest absolute Gasteiger partial charge is 0.263 e. The molecule has 0 aliphatic rings. The van der Waals surface area contributed by atoms with Gasteiger partial charge in [0.1, 0.15) is 17.5 Å². The van der Waals surface area contributed by atoms with Crippen LogP contribution in [0.4, 0.5) is 5.69 Å². The van der Waals surface area contributed by atoms with Crippen LogP contribution in [0.5, 0.6) is 11.5 Å². The largest absolute Gasteiger partial charge is 0.457 e. The Bertz CT molecular complexity index is 1230. The monoisotopic (exact) mass is 529 g/mol. The first kappa shape index (κ1) is 24.5. The van der Waals surface area contributed by atoms with E-state index in [1.54, 1.807) is 31.2 Å². The number of anilines is 1. The first-order chi connectivity index (χ1) is 15.6. The summed E-state index contributed by atoms with van der Waals surface area (Å²) in [5.41, 5.74) is 4.24. The molecular weight excluding hydrogens is 506 g/mol. The molecule has 1 amide bonds. The van der Waals surface area contributed by atoms with Gasteiger partial charge in [-0.05, 0) is 67.9 Å². The number of carbonyl (C=O) groups is 1. The molecule has 33 heavy (non-hydrogen) atoms. The second-order valence-corrected chi connectivity index (χ2v) is 10.1. The van der Waals surface area contributed by atoms with Gasteiger partial charge in [-0.15, -0.1) is 0 Å². The molecule has 1 atom stereocenters. The highest BCUT2D eigenvalue weighted by molar-refractivity contribution is 9.10. The first-order valence-electron chi connectivity index (χ1n) is 10.1. The Hall–Kier alpha value is -3.17. The van der Waals surface area contributed by atoms with Crippen molar-refractivity contribution >= 4 is 43.3 Å². The molecule has 0 fully saturated rings. The van der Waals surface area contributed by atoms with Crippen molar-refractivity contribution in [1.29, 1.82) is 0 Å². The van der Waals surface area contributed by atoms with Crippen LogP contribution in [0, 0.1) is 0 Å². The van der Waals surface area contributed by atoms with Crippen molar-refractivity contribution < 1.29 is 17.9 Å². The quantitative estimate of drug-likeness (QED) is 0.330. The van der Waals surface area contributed by atoms with E-state index in [9.17, 15) is 13.2 Å². The molecule has 0 bridgehead atoms. The number of rotatable bonds is 8. The number of nitrogens with zero attached hydrogens (tertiary/aromatic N) is 2. The van der Waals surface area contributed by atoms with Crippen LogP contribution < -0.4 is 14.5 Å². The summed E-state index contributed by atoms with van der Waals surface area (Å²) in [6.45, 7) is 3.27. The highest BCUT2D eigenvalue weighted by Crippen LogP contribution is 2.27. The predicted octanol–water partition coefficient (Wildman–Crippen LogP) is 4.94. The van der Waals surface area contributed by atoms with Gasteiger partial charge in [0.15, 0.2) is 0 Å². The van der Waals surface area contributed by atoms with E-state index in [0.29, 0.717) is 22.9 Å². The van der Waals surface area contributed by atoms with E-state index in [4.69, 9.17) is 4.74 Å². The summed E-state index contributed by atoms with van der Waals surface area (Å²) in [6.07, 6.45) is 1.06. The van der Waals surface area contributed by atoms with Gasteiger partial charge in [0.05, 0.1) is 17.7 Å². The summed E-state index contributed by atoms with van der Waals surface area (Å²) >= 11 is 3.37. The summed E-state index contributed by atoms with van der Waals surface area (Å²) in [4.78, 5) is 12.7. The fraction of sp³-hybridized carbons (Fsp3) is 0.167. The molecule has 3 aromatic carbocycles. The van der Waals surface area contributed by atoms with Gasteiger partial charge in [-0.3, -0.25) is 9.10 Å². The molecule has 0 aliphatic heterocycles. The van der Waals surface area contributed by atoms with Crippen molar-refractivity contribution in [2.75, 3.05) is 10.6 Å². The minimum absolute atomic E-state index is 0.342. The molecule has 0 unspecified atom stereocenters. The van der Waals surface area contributed by atoms with Crippen LogP contribution in [0.2, 0.25) is 0 Å². The maximum absolute atomic E-state index is 12.7. The van der Waals surface area contributed by atoms with Crippen LogP contribution in [0.15, 0.2) is 88.4 Å². The highest BCUT2D eigenvalue weighted by Gasteiger charge is 2.29. The van der Waals surface area contributed by atoms with Gasteiger partial charge in [0.25, 0.3) is 5.91 Å². The SMILES string of the molecule is C/C(=N/NC(=O)[C@H](C)N(c1ccc(Oc2ccccc2)cc1)S(C)(=O)=O)c1ccc(Br)cc1. The zero-order valence-corrected chi connectivity index (χ0v) is 20.8. The molecule has 172 valence electrons. The Kier molecular flexibility index (Phi) is 7.88. The maximum Gasteiger partial charge on any atom is 0.263 e. The zero-order chi connectivity index (χ0) is 24.0. The summed E-state index contributed by atoms with van der Waals surface area (Å²) in [6, 6.07) is 22.2. The predicted molar refractivity (Wildman–Crippen MR) is 134 cm³/mol. The van der Waals surface area contributed by atoms with Crippen molar-refractivity contribution in [1.82, 2.24) is 5.43 Å². The zero-order valence-electron chi connectivity index (χ0n) is 18.4. The molecule has 7 nitrogen and oxygen atoms in total. The summed E-state index contributed by atoms with van der Waals surface area (Å²) in [7, 11) is -3.75. The van der Waals surface area contributed by atoms with Gasteiger partial charge in [0, 0.05) is 4.47 Å². The third kappa shape index (κ3) is 6.66. The van der Waals surface area contributed by atoms with Crippen LogP contribution in [-0.4, -0.2) is 32.3 Å². The van der Waals surface area contributed by atoms with Crippen LogP contribution in [0.3, 0.4) is 0 Å². The van der Waals surface area contributed by atoms with Crippen molar-refractivity contribution in [3.63, 3.8) is 0 Å². The van der Waals surface area contributed by atoms with Crippen molar-refractivity contribution in [3.8, 4) is 11.5 Å². The van der Waals surface area contributed by atoms with E-state index in [1.165, 1.54) is 6.92 Å². The lowest BCUT2D eigenvalue weighted by molar-refractivity contribution is -0.121. The van der Waals surface area contributed by atoms with Crippen molar-refractivity contribution in [2.24, 2.45) is 5.10 Å². The molecule has 0 saturated heterocycles. The number of hydrazone groups is 1. The number of benzene rings is 3. The minimum Gasteiger partial charge on any atom is -0.457 e. The molecule has 0 heterocycles. The average molecular weight is 530 g/mol. The van der Waals surface area contributed by atoms with Gasteiger partial charge in [-0.1, -0.05) is 46.3 Å². The molecular formula is C24H24BrN3O4S. The summed E-state index contributed by atoms with van der Waals surface area (Å²) in [5.74, 6) is 0.656. The standard InChI is InChI=1S/C24H24BrN3O4S/c1-17(19-9-11-20(25)12-10-19)26-27-24(29)18(2)28(33(3,30)31)21-13-15-23(16-14-21)32-22-7-5-4-6-8-22/h4-16,18H,1-3H3,(H,27,29)/b26-17-/t18-/m0/s1. The maximum atomic E-state index is 12.7. The van der Waals surface area contributed by atoms with Gasteiger partial charge in [-0.25, -0.2) is 13.8 Å². The second kappa shape index (κ2) is 10.6. The Balaban J connectivity index is 1.75. The number of para-hydroxylation sites is 1. The Morgan fingerprint density at radius 2 is 1.55 bits per heavy atom. The number of sulfonamides is 1. The second-order valence-electron chi connectivity index (χ2n) is 7.32. The Morgan fingerprint density at radius 3 is 2.12 bits per heavy atom. The van der Waals surface area contributed by atoms with E-state index in [-0.39, 0.29) is 0 Å². The fourth-order valence-corrected chi connectivity index (χ4v) is 4.52. The van der Waals surface area contributed by atoms with Crippen LogP contribution >= 0.6 is 15.9 Å². The van der Waals surface area contributed by atoms with Gasteiger partial charge < -0.3 is 4.74 Å². The minimum atomic E-state index is -3.75. The van der Waals surface area contributed by atoms with Crippen LogP contribution in [-0.2, 0) is 14.8 Å². The third-order valence-corrected chi connectivity index (χ3v) is 6.52. The van der Waals surface area contributed by atoms with E-state index in [2.05, 4.69) is 26.5 Å². The fourth-order valence-electron chi connectivity index (χ4n) is 3.08. The van der Waals surface area contributed by atoms with Crippen molar-refractivity contribution in [2.45, 2.75) is 19.9 Å². The molecule has 3 aromatic rings. The number of hydrogen-bond acceptors (Lipinski definition) is 5. The molecule has 0 aliphatic carbocycles. The average Bonchev–Trinajstić information content (AvgIpc) is 2.78. The number of carbonyl (C=O) groups excluding carboxylic acids is 1. The number of amides is 1. The van der Waals surface area contributed by atoms with Gasteiger partial charge in [0.2, 0.25) is 10.0 Å². The first-order valence-corrected chi connectivity index (χ1v) is 12.7. The Morgan fingerprint density at radius 1 is 0.970 bits per heavy atom. The molecule has 1 N–H and O–H groups in total. The van der Waals surface area contributed by atoms with Crippen molar-refractivity contribution in [3.05, 3.63) is 88.9 Å². The molecule has 9 heteroatoms. The number of hydrogen-bond donors (Lipinski definition) is 1. The molecule has 0 radical (unpaired) electrons. The van der Waals surface area contributed by atoms with E-state index >= 15 is 0 Å². The normalized spacial score (nSPS) is 12.7. The van der Waals surface area contributed by atoms with Gasteiger partial charge >= 0.3 is 0 Å². The van der Waals surface area contributed by atoms with E-state index in [0.717, 1.165) is 20.6 Å². The van der Waals surface area contributed by atoms with Crippen LogP contribution in [0.25, 0.3) is 0 Å². The topological polar surface area (TPSA) is 88.1 Å². The molecule has 0 aromatic heterocycles. The highest BCUT2D eigenvalue weighted by atomic mass is 79.9. The molecule has 0 spiro atoms. The molecule has 0 saturated carbocycles. The van der Waals surface area contributed by atoms with Crippen LogP contribution in [0.1, 0.15) is 19.4 Å². The third-order valence-electron chi connectivity index (χ3n) is 4.75. The Labute approximate surface area is 202 Å². The van der Waals surface area contributed by atoms with Gasteiger partial charge in [-0.2, -0.15) is 5.10 Å². The lowest BCUT2D eigenvalue weighted by Gasteiger charge is -2.27. The van der Waals surface area contributed by atoms with E-state index < -0.39 is 22.0 Å². The lowest BCUT2D eigenvalue weighted by Crippen LogP contribution is -2.46. The molecule has 3 rings (SSSR count). The summed E-state index contributed by atoms with van der Waals surface area (Å²) in [5, 5.41) is 4.12. The number of ether oxygens (including phenoxy) is 1. The number of halogens is 1. The summed E-state index contributed by atoms with van der Waals surface area (Å²) < 4.78 is 32.8. The van der Waals surface area contributed by atoms with E-state index in [1.807, 2.05) is 54.6 Å². The lowest BCUT2D eigenvalue weighted by atomic mass is 10.1. The number of nitrogens with one attached hydrogen (secondary N) is 1.